The van der Waals surface area contributed by atoms with E-state index in [4.69, 9.17) is 0 Å². The van der Waals surface area contributed by atoms with Gasteiger partial charge in [0.2, 0.25) is 0 Å². The summed E-state index contributed by atoms with van der Waals surface area (Å²) in [7, 11) is 0. The predicted molar refractivity (Wildman–Crippen MR) is 69.1 cm³/mol. The van der Waals surface area contributed by atoms with E-state index in [0.29, 0.717) is 5.92 Å². The first-order valence-electron chi connectivity index (χ1n) is 6.44. The average molecular weight is 228 g/mol. The molecule has 1 atom stereocenters. The topological polar surface area (TPSA) is 0 Å². The van der Waals surface area contributed by atoms with Crippen molar-refractivity contribution in [1.82, 2.24) is 0 Å². The van der Waals surface area contributed by atoms with Crippen LogP contribution < -0.4 is 0 Å². The molecule has 1 aromatic rings. The fraction of sp³-hybridized carbons (Fsp3) is 0.375. The number of halogens is 1. The third-order valence-electron chi connectivity index (χ3n) is 4.09. The number of rotatable bonds is 1. The summed E-state index contributed by atoms with van der Waals surface area (Å²) in [5.74, 6) is 0.393. The second kappa shape index (κ2) is 4.14. The molecule has 88 valence electrons. The lowest BCUT2D eigenvalue weighted by atomic mass is 9.80. The minimum Gasteiger partial charge on any atom is -0.206 e. The van der Waals surface area contributed by atoms with E-state index in [0.717, 1.165) is 29.6 Å². The van der Waals surface area contributed by atoms with Crippen LogP contribution in [0.4, 0.5) is 4.39 Å². The minimum absolute atomic E-state index is 0.0399. The first-order valence-corrected chi connectivity index (χ1v) is 6.44. The van der Waals surface area contributed by atoms with Gasteiger partial charge in [-0.15, -0.1) is 0 Å². The Kier molecular flexibility index (Phi) is 2.62. The number of benzene rings is 1. The van der Waals surface area contributed by atoms with Gasteiger partial charge in [-0.05, 0) is 37.3 Å². The van der Waals surface area contributed by atoms with E-state index in [-0.39, 0.29) is 5.83 Å². The summed E-state index contributed by atoms with van der Waals surface area (Å²) in [5.41, 5.74) is 4.27. The highest BCUT2D eigenvalue weighted by Crippen LogP contribution is 2.49. The summed E-state index contributed by atoms with van der Waals surface area (Å²) in [6.07, 6.45) is 4.65. The number of hydrogen-bond acceptors (Lipinski definition) is 0. The summed E-state index contributed by atoms with van der Waals surface area (Å²) in [6.45, 7) is 1.94. The van der Waals surface area contributed by atoms with Crippen molar-refractivity contribution in [3.8, 4) is 0 Å². The Bertz CT molecular complexity index is 494. The Morgan fingerprint density at radius 1 is 1.12 bits per heavy atom. The standard InChI is InChI=1S/C16H17F/c1-11-13-9-5-6-10-14(13)15(16(11)17)12-7-3-2-4-8-12/h2-4,7-8,14H,5-6,9-10H2,1H3. The number of fused-ring (bicyclic) bond motifs is 1. The van der Waals surface area contributed by atoms with Crippen molar-refractivity contribution in [1.29, 1.82) is 0 Å². The van der Waals surface area contributed by atoms with Gasteiger partial charge in [-0.3, -0.25) is 0 Å². The molecule has 1 unspecified atom stereocenters. The van der Waals surface area contributed by atoms with Gasteiger partial charge in [0.25, 0.3) is 0 Å². The number of allylic oxidation sites excluding steroid dienone is 4. The number of hydrogen-bond donors (Lipinski definition) is 0. The highest BCUT2D eigenvalue weighted by Gasteiger charge is 2.34. The molecule has 0 saturated heterocycles. The molecule has 0 N–H and O–H groups in total. The fourth-order valence-electron chi connectivity index (χ4n) is 3.22. The molecule has 1 heteroatoms. The summed E-state index contributed by atoms with van der Waals surface area (Å²) >= 11 is 0. The van der Waals surface area contributed by atoms with Crippen LogP contribution in [0, 0.1) is 5.92 Å². The monoisotopic (exact) mass is 228 g/mol. The second-order valence-electron chi connectivity index (χ2n) is 5.04. The minimum atomic E-state index is 0.0399. The molecule has 0 heterocycles. The van der Waals surface area contributed by atoms with Crippen LogP contribution in [0.5, 0.6) is 0 Å². The molecule has 0 aromatic heterocycles. The lowest BCUT2D eigenvalue weighted by molar-refractivity contribution is 0.531. The van der Waals surface area contributed by atoms with E-state index in [1.165, 1.54) is 18.4 Å². The Hall–Kier alpha value is -1.37. The maximum absolute atomic E-state index is 14.4. The molecule has 1 aromatic carbocycles. The van der Waals surface area contributed by atoms with Crippen molar-refractivity contribution >= 4 is 5.57 Å². The van der Waals surface area contributed by atoms with Crippen LogP contribution >= 0.6 is 0 Å². The van der Waals surface area contributed by atoms with Crippen molar-refractivity contribution in [2.75, 3.05) is 0 Å². The average Bonchev–Trinajstić information content (AvgIpc) is 2.64. The molecule has 0 bridgehead atoms. The van der Waals surface area contributed by atoms with E-state index in [1.807, 2.05) is 37.3 Å². The Balaban J connectivity index is 2.07. The van der Waals surface area contributed by atoms with E-state index in [2.05, 4.69) is 0 Å². The molecule has 1 saturated carbocycles. The lowest BCUT2D eigenvalue weighted by Crippen LogP contribution is -2.09. The fourth-order valence-corrected chi connectivity index (χ4v) is 3.22. The second-order valence-corrected chi connectivity index (χ2v) is 5.04. The van der Waals surface area contributed by atoms with Crippen molar-refractivity contribution in [2.45, 2.75) is 32.6 Å². The summed E-state index contributed by atoms with van der Waals surface area (Å²) in [5, 5.41) is 0. The van der Waals surface area contributed by atoms with Crippen LogP contribution in [-0.2, 0) is 0 Å². The van der Waals surface area contributed by atoms with Gasteiger partial charge in [-0.25, -0.2) is 4.39 Å². The van der Waals surface area contributed by atoms with Crippen LogP contribution in [0.15, 0.2) is 47.3 Å². The highest BCUT2D eigenvalue weighted by molar-refractivity contribution is 5.79. The molecule has 0 aliphatic heterocycles. The molecule has 0 nitrogen and oxygen atoms in total. The Labute approximate surface area is 102 Å². The van der Waals surface area contributed by atoms with E-state index in [1.54, 1.807) is 0 Å². The van der Waals surface area contributed by atoms with E-state index < -0.39 is 0 Å². The van der Waals surface area contributed by atoms with Crippen molar-refractivity contribution < 1.29 is 4.39 Å². The van der Waals surface area contributed by atoms with E-state index >= 15 is 0 Å². The molecular formula is C16H17F. The molecule has 0 amide bonds. The molecular weight excluding hydrogens is 211 g/mol. The van der Waals surface area contributed by atoms with Crippen molar-refractivity contribution in [3.63, 3.8) is 0 Å². The normalized spacial score (nSPS) is 24.2. The zero-order valence-corrected chi connectivity index (χ0v) is 10.2. The summed E-state index contributed by atoms with van der Waals surface area (Å²) in [4.78, 5) is 0. The maximum atomic E-state index is 14.4. The molecule has 2 aliphatic rings. The Morgan fingerprint density at radius 2 is 1.88 bits per heavy atom. The third kappa shape index (κ3) is 1.65. The summed E-state index contributed by atoms with van der Waals surface area (Å²) in [6, 6.07) is 10.0. The van der Waals surface area contributed by atoms with Gasteiger partial charge in [0.15, 0.2) is 0 Å². The smallest absolute Gasteiger partial charge is 0.130 e. The Morgan fingerprint density at radius 3 is 2.65 bits per heavy atom. The third-order valence-corrected chi connectivity index (χ3v) is 4.09. The zero-order chi connectivity index (χ0) is 11.8. The van der Waals surface area contributed by atoms with Gasteiger partial charge in [0, 0.05) is 11.5 Å². The highest BCUT2D eigenvalue weighted by atomic mass is 19.1. The quantitative estimate of drug-likeness (QED) is 0.642. The maximum Gasteiger partial charge on any atom is 0.130 e. The van der Waals surface area contributed by atoms with Gasteiger partial charge < -0.3 is 0 Å². The lowest BCUT2D eigenvalue weighted by Gasteiger charge is -2.24. The first kappa shape index (κ1) is 10.8. The van der Waals surface area contributed by atoms with Gasteiger partial charge in [-0.2, -0.15) is 0 Å². The molecule has 0 radical (unpaired) electrons. The molecule has 0 spiro atoms. The van der Waals surface area contributed by atoms with Crippen molar-refractivity contribution in [2.24, 2.45) is 5.92 Å². The predicted octanol–water partition coefficient (Wildman–Crippen LogP) is 4.89. The SMILES string of the molecule is CC1=C2CCCCC2C(c2ccccc2)=C1F. The van der Waals surface area contributed by atoms with Gasteiger partial charge >= 0.3 is 0 Å². The van der Waals surface area contributed by atoms with Crippen LogP contribution in [-0.4, -0.2) is 0 Å². The van der Waals surface area contributed by atoms with E-state index in [9.17, 15) is 4.39 Å². The molecule has 1 fully saturated rings. The van der Waals surface area contributed by atoms with Crippen molar-refractivity contribution in [3.05, 3.63) is 52.9 Å². The zero-order valence-electron chi connectivity index (χ0n) is 10.2. The van der Waals surface area contributed by atoms with Crippen LogP contribution in [0.1, 0.15) is 38.2 Å². The first-order chi connectivity index (χ1) is 8.29. The summed E-state index contributed by atoms with van der Waals surface area (Å²) < 4.78 is 14.4. The van der Waals surface area contributed by atoms with Crippen LogP contribution in [0.3, 0.4) is 0 Å². The van der Waals surface area contributed by atoms with Gasteiger partial charge in [-0.1, -0.05) is 42.3 Å². The molecule has 2 aliphatic carbocycles. The van der Waals surface area contributed by atoms with Gasteiger partial charge in [0.05, 0.1) is 0 Å². The molecule has 17 heavy (non-hydrogen) atoms. The van der Waals surface area contributed by atoms with Crippen LogP contribution in [0.2, 0.25) is 0 Å². The van der Waals surface area contributed by atoms with Gasteiger partial charge in [0.1, 0.15) is 5.83 Å². The van der Waals surface area contributed by atoms with Crippen LogP contribution in [0.25, 0.3) is 5.57 Å². The largest absolute Gasteiger partial charge is 0.206 e. The molecule has 3 rings (SSSR count).